The molecule has 0 aliphatic rings. The fourth-order valence-electron chi connectivity index (χ4n) is 2.20. The number of hydrogen-bond acceptors (Lipinski definition) is 4. The maximum Gasteiger partial charge on any atom is 0.178 e. The average Bonchev–Trinajstić information content (AvgIpc) is 2.46. The predicted octanol–water partition coefficient (Wildman–Crippen LogP) is 3.98. The molecule has 0 aliphatic carbocycles. The van der Waals surface area contributed by atoms with Crippen molar-refractivity contribution in [1.29, 1.82) is 0 Å². The maximum absolute atomic E-state index is 11.7. The minimum absolute atomic E-state index is 0.0674. The minimum Gasteiger partial charge on any atom is -0.293 e. The molecule has 0 aliphatic heterocycles. The summed E-state index contributed by atoms with van der Waals surface area (Å²) in [5.41, 5.74) is 4.37. The smallest absolute Gasteiger partial charge is 0.178 e. The number of nitrogens with zero attached hydrogens (tertiary/aromatic N) is 2. The van der Waals surface area contributed by atoms with Gasteiger partial charge in [-0.25, -0.2) is 4.98 Å². The molecule has 0 saturated carbocycles. The maximum atomic E-state index is 11.7. The molecule has 0 N–H and O–H groups in total. The van der Waals surface area contributed by atoms with Crippen molar-refractivity contribution >= 4 is 11.6 Å². The van der Waals surface area contributed by atoms with Crippen LogP contribution in [0.5, 0.6) is 0 Å². The van der Waals surface area contributed by atoms with Crippen LogP contribution >= 0.6 is 0 Å². The highest BCUT2D eigenvalue weighted by atomic mass is 16.1. The van der Waals surface area contributed by atoms with Crippen LogP contribution < -0.4 is 0 Å². The van der Waals surface area contributed by atoms with E-state index in [0.717, 1.165) is 16.7 Å². The third-order valence-corrected chi connectivity index (χ3v) is 3.61. The van der Waals surface area contributed by atoms with Crippen LogP contribution in [0, 0.1) is 6.92 Å². The van der Waals surface area contributed by atoms with Crippen molar-refractivity contribution in [3.05, 3.63) is 46.9 Å². The van der Waals surface area contributed by atoms with E-state index in [4.69, 9.17) is 0 Å². The van der Waals surface area contributed by atoms with Gasteiger partial charge in [0, 0.05) is 25.6 Å². The Bertz CT molecular complexity index is 749. The zero-order chi connectivity index (χ0) is 16.4. The van der Waals surface area contributed by atoms with E-state index in [0.29, 0.717) is 17.1 Å². The minimum atomic E-state index is -0.0898. The number of carbonyl (C=O) groups is 2. The van der Waals surface area contributed by atoms with Gasteiger partial charge < -0.3 is 0 Å². The summed E-state index contributed by atoms with van der Waals surface area (Å²) in [5.74, 6) is 0.129. The molecule has 4 heteroatoms. The second-order valence-electron chi connectivity index (χ2n) is 5.82. The Hall–Kier alpha value is -2.36. The number of aromatic nitrogens is 2. The van der Waals surface area contributed by atoms with Crippen LogP contribution in [0.25, 0.3) is 11.3 Å². The molecule has 0 fully saturated rings. The van der Waals surface area contributed by atoms with Crippen LogP contribution in [0.15, 0.2) is 24.4 Å². The van der Waals surface area contributed by atoms with Crippen LogP contribution in [-0.2, 0) is 0 Å². The molecule has 0 amide bonds. The van der Waals surface area contributed by atoms with Crippen molar-refractivity contribution in [3.63, 3.8) is 0 Å². The van der Waals surface area contributed by atoms with Gasteiger partial charge in [-0.1, -0.05) is 13.8 Å². The summed E-state index contributed by atoms with van der Waals surface area (Å²) in [6, 6.07) is 5.55. The number of pyridine rings is 2. The molecule has 22 heavy (non-hydrogen) atoms. The second-order valence-corrected chi connectivity index (χ2v) is 5.82. The lowest BCUT2D eigenvalue weighted by molar-refractivity contribution is 0.1000. The van der Waals surface area contributed by atoms with Gasteiger partial charge in [0.05, 0.1) is 5.69 Å². The van der Waals surface area contributed by atoms with Crippen LogP contribution in [0.1, 0.15) is 65.7 Å². The molecule has 0 unspecified atom stereocenters. The predicted molar refractivity (Wildman–Crippen MR) is 86.3 cm³/mol. The van der Waals surface area contributed by atoms with E-state index in [2.05, 4.69) is 23.8 Å². The van der Waals surface area contributed by atoms with Crippen LogP contribution in [0.2, 0.25) is 0 Å². The fraction of sp³-hybridized carbons (Fsp3) is 0.333. The van der Waals surface area contributed by atoms with Crippen molar-refractivity contribution < 1.29 is 9.59 Å². The van der Waals surface area contributed by atoms with E-state index in [-0.39, 0.29) is 17.5 Å². The van der Waals surface area contributed by atoms with Crippen molar-refractivity contribution in [2.75, 3.05) is 0 Å². The molecule has 0 spiro atoms. The van der Waals surface area contributed by atoms with Crippen LogP contribution in [0.3, 0.4) is 0 Å². The normalized spacial score (nSPS) is 10.8. The fourth-order valence-corrected chi connectivity index (χ4v) is 2.20. The molecule has 2 rings (SSSR count). The third kappa shape index (κ3) is 3.27. The summed E-state index contributed by atoms with van der Waals surface area (Å²) in [7, 11) is 0. The highest BCUT2D eigenvalue weighted by Gasteiger charge is 2.13. The van der Waals surface area contributed by atoms with E-state index in [1.54, 1.807) is 12.3 Å². The molecular weight excluding hydrogens is 276 g/mol. The molecule has 2 heterocycles. The largest absolute Gasteiger partial charge is 0.293 e. The van der Waals surface area contributed by atoms with Gasteiger partial charge in [0.2, 0.25) is 0 Å². The monoisotopic (exact) mass is 296 g/mol. The van der Waals surface area contributed by atoms with Gasteiger partial charge in [-0.15, -0.1) is 0 Å². The highest BCUT2D eigenvalue weighted by Crippen LogP contribution is 2.26. The standard InChI is InChI=1S/C18H20N2O2/c1-10(2)14-6-17(13(5)22)20-18(7-14)15-8-16(12(4)21)19-9-11(15)3/h6-10H,1-5H3. The van der Waals surface area contributed by atoms with Gasteiger partial charge in [0.25, 0.3) is 0 Å². The molecule has 114 valence electrons. The van der Waals surface area contributed by atoms with E-state index < -0.39 is 0 Å². The Labute approximate surface area is 130 Å². The van der Waals surface area contributed by atoms with E-state index in [1.165, 1.54) is 13.8 Å². The van der Waals surface area contributed by atoms with E-state index in [9.17, 15) is 9.59 Å². The number of carbonyl (C=O) groups excluding carboxylic acids is 2. The molecule has 0 bridgehead atoms. The van der Waals surface area contributed by atoms with Crippen molar-refractivity contribution in [2.24, 2.45) is 0 Å². The summed E-state index contributed by atoms with van der Waals surface area (Å²) in [6.07, 6.45) is 1.67. The average molecular weight is 296 g/mol. The summed E-state index contributed by atoms with van der Waals surface area (Å²) >= 11 is 0. The lowest BCUT2D eigenvalue weighted by Crippen LogP contribution is -2.04. The van der Waals surface area contributed by atoms with Gasteiger partial charge in [-0.3, -0.25) is 14.6 Å². The second kappa shape index (κ2) is 6.18. The first kappa shape index (κ1) is 16.0. The Balaban J connectivity index is 2.68. The molecule has 0 atom stereocenters. The van der Waals surface area contributed by atoms with Gasteiger partial charge in [-0.2, -0.15) is 0 Å². The van der Waals surface area contributed by atoms with Crippen LogP contribution in [-0.4, -0.2) is 21.5 Å². The quantitative estimate of drug-likeness (QED) is 0.801. The topological polar surface area (TPSA) is 59.9 Å². The molecule has 0 radical (unpaired) electrons. The molecule has 0 aromatic carbocycles. The van der Waals surface area contributed by atoms with Crippen molar-refractivity contribution in [2.45, 2.75) is 40.5 Å². The van der Waals surface area contributed by atoms with Crippen LogP contribution in [0.4, 0.5) is 0 Å². The zero-order valence-corrected chi connectivity index (χ0v) is 13.6. The molecule has 2 aromatic rings. The number of aryl methyl sites for hydroxylation is 1. The van der Waals surface area contributed by atoms with E-state index >= 15 is 0 Å². The Kier molecular flexibility index (Phi) is 4.50. The summed E-state index contributed by atoms with van der Waals surface area (Å²) in [6.45, 7) is 9.06. The zero-order valence-electron chi connectivity index (χ0n) is 13.6. The lowest BCUT2D eigenvalue weighted by Gasteiger charge is -2.12. The molecule has 4 nitrogen and oxygen atoms in total. The van der Waals surface area contributed by atoms with Gasteiger partial charge in [-0.05, 0) is 42.2 Å². The Morgan fingerprint density at radius 3 is 2.18 bits per heavy atom. The number of ketones is 2. The van der Waals surface area contributed by atoms with Crippen molar-refractivity contribution in [3.8, 4) is 11.3 Å². The highest BCUT2D eigenvalue weighted by molar-refractivity contribution is 5.94. The molecule has 2 aromatic heterocycles. The van der Waals surface area contributed by atoms with Gasteiger partial charge in [0.15, 0.2) is 11.6 Å². The SMILES string of the molecule is CC(=O)c1cc(-c2cc(C(C)C)cc(C(C)=O)n2)c(C)cn1. The summed E-state index contributed by atoms with van der Waals surface area (Å²) in [5, 5.41) is 0. The summed E-state index contributed by atoms with van der Waals surface area (Å²) in [4.78, 5) is 31.9. The Morgan fingerprint density at radius 2 is 1.64 bits per heavy atom. The molecular formula is C18H20N2O2. The lowest BCUT2D eigenvalue weighted by atomic mass is 9.98. The summed E-state index contributed by atoms with van der Waals surface area (Å²) < 4.78 is 0. The number of hydrogen-bond donors (Lipinski definition) is 0. The van der Waals surface area contributed by atoms with Gasteiger partial charge >= 0.3 is 0 Å². The van der Waals surface area contributed by atoms with Crippen molar-refractivity contribution in [1.82, 2.24) is 9.97 Å². The number of Topliss-reactive ketones (excluding diaryl/α,β-unsaturated/α-hetero) is 2. The first-order chi connectivity index (χ1) is 10.3. The first-order valence-electron chi connectivity index (χ1n) is 7.30. The number of rotatable bonds is 4. The van der Waals surface area contributed by atoms with Gasteiger partial charge in [0.1, 0.15) is 11.4 Å². The Morgan fingerprint density at radius 1 is 1.00 bits per heavy atom. The molecule has 0 saturated heterocycles. The van der Waals surface area contributed by atoms with E-state index in [1.807, 2.05) is 19.1 Å². The third-order valence-electron chi connectivity index (χ3n) is 3.61. The first-order valence-corrected chi connectivity index (χ1v) is 7.30.